The van der Waals surface area contributed by atoms with E-state index in [0.717, 1.165) is 60.0 Å². The van der Waals surface area contributed by atoms with Crippen LogP contribution in [0.25, 0.3) is 11.1 Å². The number of methoxy groups -OCH3 is 1. The van der Waals surface area contributed by atoms with Crippen LogP contribution in [0.5, 0.6) is 5.75 Å². The summed E-state index contributed by atoms with van der Waals surface area (Å²) in [4.78, 5) is 23.6. The van der Waals surface area contributed by atoms with Gasteiger partial charge in [0.15, 0.2) is 13.1 Å². The minimum atomic E-state index is -1.16. The maximum Gasteiger partial charge on any atom is 0.405 e. The topological polar surface area (TPSA) is 84.9 Å². The van der Waals surface area contributed by atoms with Crippen LogP contribution >= 0.6 is 0 Å². The lowest BCUT2D eigenvalue weighted by Crippen LogP contribution is -2.55. The average Bonchev–Trinajstić information content (AvgIpc) is 3.49. The Kier molecular flexibility index (Phi) is 4.59. The number of aldehydes is 1. The standard InChI is InChI=1S/C22H23NO5/c1-27-14-28-18-5-2-15(3-6-18)16-4-7-19-17(12-16)8-9-21(10-11-21)22(19,13-24)23-20(25)26/h2-7,12-13,23H,8-11,14H2,1H3,(H,25,26)/t22-/m1/s1. The van der Waals surface area contributed by atoms with Gasteiger partial charge in [0, 0.05) is 12.5 Å². The number of hydrogen-bond donors (Lipinski definition) is 2. The highest BCUT2D eigenvalue weighted by Crippen LogP contribution is 2.63. The fourth-order valence-corrected chi connectivity index (χ4v) is 4.47. The molecular formula is C22H23NO5. The second-order valence-corrected chi connectivity index (χ2v) is 7.58. The highest BCUT2D eigenvalue weighted by atomic mass is 16.7. The van der Waals surface area contributed by atoms with E-state index in [1.165, 1.54) is 0 Å². The highest BCUT2D eigenvalue weighted by molar-refractivity contribution is 5.81. The molecule has 6 heteroatoms. The summed E-state index contributed by atoms with van der Waals surface area (Å²) in [5.41, 5.74) is 2.44. The summed E-state index contributed by atoms with van der Waals surface area (Å²) < 4.78 is 10.3. The van der Waals surface area contributed by atoms with Crippen LogP contribution < -0.4 is 10.1 Å². The van der Waals surface area contributed by atoms with Crippen LogP contribution in [0.1, 0.15) is 30.4 Å². The molecule has 0 saturated heterocycles. The largest absolute Gasteiger partial charge is 0.468 e. The Balaban J connectivity index is 1.69. The van der Waals surface area contributed by atoms with Crippen LogP contribution in [-0.2, 0) is 21.5 Å². The van der Waals surface area contributed by atoms with Crippen LogP contribution in [0.15, 0.2) is 42.5 Å². The Morgan fingerprint density at radius 1 is 1.14 bits per heavy atom. The van der Waals surface area contributed by atoms with E-state index in [1.807, 2.05) is 36.4 Å². The number of fused-ring (bicyclic) bond motifs is 1. The summed E-state index contributed by atoms with van der Waals surface area (Å²) in [6.07, 6.45) is 3.03. The minimum absolute atomic E-state index is 0.199. The first-order valence-electron chi connectivity index (χ1n) is 9.37. The average molecular weight is 381 g/mol. The second-order valence-electron chi connectivity index (χ2n) is 7.58. The molecule has 1 saturated carbocycles. The maximum atomic E-state index is 12.2. The smallest absolute Gasteiger partial charge is 0.405 e. The van der Waals surface area contributed by atoms with Gasteiger partial charge < -0.3 is 24.7 Å². The second kappa shape index (κ2) is 6.95. The molecule has 2 aliphatic rings. The van der Waals surface area contributed by atoms with Crippen molar-refractivity contribution in [1.82, 2.24) is 5.32 Å². The van der Waals surface area contributed by atoms with E-state index in [4.69, 9.17) is 9.47 Å². The zero-order valence-electron chi connectivity index (χ0n) is 15.7. The Bertz CT molecular complexity index is 904. The fraction of sp³-hybridized carbons (Fsp3) is 0.364. The van der Waals surface area contributed by atoms with Gasteiger partial charge in [-0.25, -0.2) is 4.79 Å². The monoisotopic (exact) mass is 381 g/mol. The number of amides is 1. The van der Waals surface area contributed by atoms with E-state index in [9.17, 15) is 14.7 Å². The van der Waals surface area contributed by atoms with Crippen molar-refractivity contribution in [1.29, 1.82) is 0 Å². The van der Waals surface area contributed by atoms with Crippen LogP contribution in [0.3, 0.4) is 0 Å². The number of rotatable bonds is 6. The molecule has 0 unspecified atom stereocenters. The normalized spacial score (nSPS) is 21.6. The summed E-state index contributed by atoms with van der Waals surface area (Å²) in [7, 11) is 1.58. The van der Waals surface area contributed by atoms with E-state index in [0.29, 0.717) is 0 Å². The minimum Gasteiger partial charge on any atom is -0.468 e. The summed E-state index contributed by atoms with van der Waals surface area (Å²) in [6, 6.07) is 13.6. The van der Waals surface area contributed by atoms with Crippen molar-refractivity contribution < 1.29 is 24.2 Å². The summed E-state index contributed by atoms with van der Waals surface area (Å²) in [5, 5.41) is 11.9. The Morgan fingerprint density at radius 3 is 2.46 bits per heavy atom. The van der Waals surface area contributed by atoms with E-state index in [-0.39, 0.29) is 12.2 Å². The first-order valence-corrected chi connectivity index (χ1v) is 9.37. The van der Waals surface area contributed by atoms with Crippen molar-refractivity contribution in [3.8, 4) is 16.9 Å². The molecule has 2 N–H and O–H groups in total. The van der Waals surface area contributed by atoms with Gasteiger partial charge in [0.2, 0.25) is 0 Å². The van der Waals surface area contributed by atoms with Gasteiger partial charge in [0.25, 0.3) is 0 Å². The summed E-state index contributed by atoms with van der Waals surface area (Å²) >= 11 is 0. The van der Waals surface area contributed by atoms with E-state index >= 15 is 0 Å². The lowest BCUT2D eigenvalue weighted by atomic mass is 9.67. The molecule has 1 fully saturated rings. The number of carbonyl (C=O) groups is 2. The predicted octanol–water partition coefficient (Wildman–Crippen LogP) is 3.72. The van der Waals surface area contributed by atoms with Crippen LogP contribution in [0.2, 0.25) is 0 Å². The van der Waals surface area contributed by atoms with Crippen molar-refractivity contribution in [3.05, 3.63) is 53.6 Å². The molecule has 0 bridgehead atoms. The molecule has 0 radical (unpaired) electrons. The van der Waals surface area contributed by atoms with E-state index in [1.54, 1.807) is 7.11 Å². The molecule has 0 aromatic heterocycles. The Morgan fingerprint density at radius 2 is 1.86 bits per heavy atom. The zero-order chi connectivity index (χ0) is 19.8. The molecule has 146 valence electrons. The van der Waals surface area contributed by atoms with Gasteiger partial charge in [-0.1, -0.05) is 30.3 Å². The SMILES string of the molecule is COCOc1ccc(-c2ccc3c(c2)CCC2(CC2)[C@]3(C=O)NC(=O)O)cc1. The molecule has 2 aromatic rings. The molecular weight excluding hydrogens is 358 g/mol. The third-order valence-corrected chi connectivity index (χ3v) is 6.11. The van der Waals surface area contributed by atoms with Crippen LogP contribution in [0, 0.1) is 5.41 Å². The number of aryl methyl sites for hydroxylation is 1. The van der Waals surface area contributed by atoms with Gasteiger partial charge >= 0.3 is 6.09 Å². The lowest BCUT2D eigenvalue weighted by Gasteiger charge is -2.42. The van der Waals surface area contributed by atoms with Crippen molar-refractivity contribution in [2.45, 2.75) is 31.2 Å². The molecule has 1 spiro atoms. The molecule has 2 aliphatic carbocycles. The number of carbonyl (C=O) groups excluding carboxylic acids is 1. The van der Waals surface area contributed by atoms with Crippen molar-refractivity contribution in [2.24, 2.45) is 5.41 Å². The molecule has 6 nitrogen and oxygen atoms in total. The third kappa shape index (κ3) is 2.94. The zero-order valence-corrected chi connectivity index (χ0v) is 15.7. The third-order valence-electron chi connectivity index (χ3n) is 6.11. The van der Waals surface area contributed by atoms with Crippen molar-refractivity contribution in [2.75, 3.05) is 13.9 Å². The quantitative estimate of drug-likeness (QED) is 0.588. The fourth-order valence-electron chi connectivity index (χ4n) is 4.47. The molecule has 2 aromatic carbocycles. The van der Waals surface area contributed by atoms with Gasteiger partial charge in [-0.3, -0.25) is 0 Å². The van der Waals surface area contributed by atoms with Gasteiger partial charge in [0.05, 0.1) is 0 Å². The molecule has 0 heterocycles. The number of nitrogens with one attached hydrogen (secondary N) is 1. The van der Waals surface area contributed by atoms with Gasteiger partial charge in [-0.15, -0.1) is 0 Å². The Labute approximate surface area is 163 Å². The number of hydrogen-bond acceptors (Lipinski definition) is 4. The van der Waals surface area contributed by atoms with Crippen LogP contribution in [-0.4, -0.2) is 31.4 Å². The maximum absolute atomic E-state index is 12.2. The van der Waals surface area contributed by atoms with Gasteiger partial charge in [-0.05, 0) is 60.1 Å². The van der Waals surface area contributed by atoms with E-state index < -0.39 is 11.6 Å². The van der Waals surface area contributed by atoms with Crippen molar-refractivity contribution >= 4 is 12.4 Å². The predicted molar refractivity (Wildman–Crippen MR) is 103 cm³/mol. The van der Waals surface area contributed by atoms with E-state index in [2.05, 4.69) is 11.4 Å². The summed E-state index contributed by atoms with van der Waals surface area (Å²) in [6.45, 7) is 0.199. The van der Waals surface area contributed by atoms with Crippen molar-refractivity contribution in [3.63, 3.8) is 0 Å². The number of carboxylic acid groups (broad SMARTS) is 1. The number of ether oxygens (including phenoxy) is 2. The molecule has 4 rings (SSSR count). The first-order chi connectivity index (χ1) is 13.5. The molecule has 28 heavy (non-hydrogen) atoms. The number of benzene rings is 2. The van der Waals surface area contributed by atoms with Crippen LogP contribution in [0.4, 0.5) is 4.79 Å². The lowest BCUT2D eigenvalue weighted by molar-refractivity contribution is -0.116. The highest BCUT2D eigenvalue weighted by Gasteiger charge is 2.63. The molecule has 0 aliphatic heterocycles. The van der Waals surface area contributed by atoms with Gasteiger partial charge in [-0.2, -0.15) is 0 Å². The summed E-state index contributed by atoms with van der Waals surface area (Å²) in [5.74, 6) is 0.727. The first kappa shape index (κ1) is 18.5. The molecule has 1 amide bonds. The van der Waals surface area contributed by atoms with Gasteiger partial charge in [0.1, 0.15) is 11.3 Å². The molecule has 1 atom stereocenters. The Hall–Kier alpha value is -2.86.